The highest BCUT2D eigenvalue weighted by atomic mass is 16.5. The van der Waals surface area contributed by atoms with E-state index in [0.29, 0.717) is 18.7 Å². The second-order valence-electron chi connectivity index (χ2n) is 4.57. The molecule has 104 valence electrons. The van der Waals surface area contributed by atoms with Gasteiger partial charge in [0.15, 0.2) is 0 Å². The minimum Gasteiger partial charge on any atom is -0.382 e. The van der Waals surface area contributed by atoms with Gasteiger partial charge in [-0.05, 0) is 18.9 Å². The van der Waals surface area contributed by atoms with Gasteiger partial charge in [0.1, 0.15) is 11.2 Å². The van der Waals surface area contributed by atoms with Crippen LogP contribution in [0.1, 0.15) is 23.3 Å². The van der Waals surface area contributed by atoms with Gasteiger partial charge in [0.25, 0.3) is 5.91 Å². The highest BCUT2D eigenvalue weighted by Crippen LogP contribution is 2.31. The van der Waals surface area contributed by atoms with E-state index in [1.165, 1.54) is 13.3 Å². The second-order valence-corrected chi connectivity index (χ2v) is 4.57. The first-order chi connectivity index (χ1) is 9.15. The number of rotatable bonds is 4. The molecule has 2 N–H and O–H groups in total. The Morgan fingerprint density at radius 3 is 3.00 bits per heavy atom. The predicted molar refractivity (Wildman–Crippen MR) is 67.5 cm³/mol. The van der Waals surface area contributed by atoms with E-state index in [2.05, 4.69) is 15.5 Å². The number of hydrogen-bond acceptors (Lipinski definition) is 4. The summed E-state index contributed by atoms with van der Waals surface area (Å²) in [5.74, 6) is -0.421. The Morgan fingerprint density at radius 2 is 2.42 bits per heavy atom. The third-order valence-corrected chi connectivity index (χ3v) is 3.50. The number of likely N-dealkylation sites (tertiary alicyclic amines) is 1. The Bertz CT molecular complexity index is 460. The van der Waals surface area contributed by atoms with Gasteiger partial charge < -0.3 is 15.0 Å². The minimum atomic E-state index is -0.925. The standard InChI is InChI=1S/C12H18N4O3/c1-13-11(18)12(8-19-2)5-3-7-16(12)10(17)9-4-6-14-15-9/h4,6H,3,5,7-8H2,1-2H3,(H,13,18)(H,14,15). The summed E-state index contributed by atoms with van der Waals surface area (Å²) in [6.07, 6.45) is 2.89. The first kappa shape index (κ1) is 13.5. The molecule has 1 aliphatic rings. The van der Waals surface area contributed by atoms with Crippen LogP contribution in [0.5, 0.6) is 0 Å². The fourth-order valence-corrected chi connectivity index (χ4v) is 2.62. The lowest BCUT2D eigenvalue weighted by Crippen LogP contribution is -2.59. The summed E-state index contributed by atoms with van der Waals surface area (Å²) in [5.41, 5.74) is -0.544. The van der Waals surface area contributed by atoms with Gasteiger partial charge in [-0.1, -0.05) is 0 Å². The average molecular weight is 266 g/mol. The van der Waals surface area contributed by atoms with Crippen molar-refractivity contribution < 1.29 is 14.3 Å². The first-order valence-corrected chi connectivity index (χ1v) is 6.18. The number of H-pyrrole nitrogens is 1. The summed E-state index contributed by atoms with van der Waals surface area (Å²) in [7, 11) is 3.10. The second kappa shape index (κ2) is 5.40. The highest BCUT2D eigenvalue weighted by molar-refractivity contribution is 5.98. The SMILES string of the molecule is CNC(=O)C1(COC)CCCN1C(=O)c1ccn[nH]1. The smallest absolute Gasteiger partial charge is 0.272 e. The maximum atomic E-state index is 12.4. The fraction of sp³-hybridized carbons (Fsp3) is 0.583. The van der Waals surface area contributed by atoms with E-state index in [0.717, 1.165) is 6.42 Å². The lowest BCUT2D eigenvalue weighted by atomic mass is 9.95. The van der Waals surface area contributed by atoms with Crippen LogP contribution in [0.4, 0.5) is 0 Å². The summed E-state index contributed by atoms with van der Waals surface area (Å²) in [6.45, 7) is 0.723. The molecular weight excluding hydrogens is 248 g/mol. The third kappa shape index (κ3) is 2.21. The van der Waals surface area contributed by atoms with Crippen LogP contribution >= 0.6 is 0 Å². The number of nitrogens with one attached hydrogen (secondary N) is 2. The number of aromatic nitrogens is 2. The topological polar surface area (TPSA) is 87.3 Å². The highest BCUT2D eigenvalue weighted by Gasteiger charge is 2.49. The molecule has 1 aromatic heterocycles. The molecule has 0 aliphatic carbocycles. The fourth-order valence-electron chi connectivity index (χ4n) is 2.62. The summed E-state index contributed by atoms with van der Waals surface area (Å²) in [4.78, 5) is 26.2. The van der Waals surface area contributed by atoms with Crippen LogP contribution < -0.4 is 5.32 Å². The van der Waals surface area contributed by atoms with E-state index >= 15 is 0 Å². The van der Waals surface area contributed by atoms with E-state index in [1.807, 2.05) is 0 Å². The van der Waals surface area contributed by atoms with E-state index in [1.54, 1.807) is 18.0 Å². The Hall–Kier alpha value is -1.89. The summed E-state index contributed by atoms with van der Waals surface area (Å²) >= 11 is 0. The number of ether oxygens (including phenoxy) is 1. The zero-order valence-corrected chi connectivity index (χ0v) is 11.1. The molecule has 1 saturated heterocycles. The predicted octanol–water partition coefficient (Wildman–Crippen LogP) is -0.223. The van der Waals surface area contributed by atoms with Crippen molar-refractivity contribution >= 4 is 11.8 Å². The Balaban J connectivity index is 2.32. The van der Waals surface area contributed by atoms with Gasteiger partial charge >= 0.3 is 0 Å². The number of carbonyl (C=O) groups is 2. The number of carbonyl (C=O) groups excluding carboxylic acids is 2. The number of aromatic amines is 1. The number of hydrogen-bond donors (Lipinski definition) is 2. The number of methoxy groups -OCH3 is 1. The number of likely N-dealkylation sites (N-methyl/N-ethyl adjacent to an activating group) is 1. The van der Waals surface area contributed by atoms with Gasteiger partial charge in [-0.2, -0.15) is 5.10 Å². The van der Waals surface area contributed by atoms with Gasteiger partial charge in [-0.3, -0.25) is 14.7 Å². The molecule has 1 fully saturated rings. The van der Waals surface area contributed by atoms with Crippen LogP contribution in [-0.2, 0) is 9.53 Å². The zero-order chi connectivity index (χ0) is 13.9. The van der Waals surface area contributed by atoms with Gasteiger partial charge in [0, 0.05) is 26.9 Å². The van der Waals surface area contributed by atoms with Crippen molar-refractivity contribution in [2.24, 2.45) is 0 Å². The van der Waals surface area contributed by atoms with Crippen molar-refractivity contribution in [2.45, 2.75) is 18.4 Å². The third-order valence-electron chi connectivity index (χ3n) is 3.50. The maximum absolute atomic E-state index is 12.4. The van der Waals surface area contributed by atoms with Gasteiger partial charge in [0.05, 0.1) is 6.61 Å². The molecule has 0 aromatic carbocycles. The molecule has 0 bridgehead atoms. The Kier molecular flexibility index (Phi) is 3.84. The van der Waals surface area contributed by atoms with E-state index < -0.39 is 5.54 Å². The van der Waals surface area contributed by atoms with Crippen molar-refractivity contribution in [3.63, 3.8) is 0 Å². The number of nitrogens with zero attached hydrogens (tertiary/aromatic N) is 2. The van der Waals surface area contributed by atoms with Gasteiger partial charge in [-0.15, -0.1) is 0 Å². The van der Waals surface area contributed by atoms with Crippen LogP contribution in [-0.4, -0.2) is 59.8 Å². The van der Waals surface area contributed by atoms with Crippen molar-refractivity contribution in [3.8, 4) is 0 Å². The molecule has 1 unspecified atom stereocenters. The molecule has 2 heterocycles. The van der Waals surface area contributed by atoms with Crippen LogP contribution in [0, 0.1) is 0 Å². The molecule has 7 heteroatoms. The molecule has 2 amide bonds. The Morgan fingerprint density at radius 1 is 1.63 bits per heavy atom. The number of amides is 2. The monoisotopic (exact) mass is 266 g/mol. The molecule has 7 nitrogen and oxygen atoms in total. The van der Waals surface area contributed by atoms with Crippen molar-refractivity contribution in [3.05, 3.63) is 18.0 Å². The molecule has 19 heavy (non-hydrogen) atoms. The van der Waals surface area contributed by atoms with Crippen LogP contribution in [0.25, 0.3) is 0 Å². The summed E-state index contributed by atoms with van der Waals surface area (Å²) < 4.78 is 5.17. The summed E-state index contributed by atoms with van der Waals surface area (Å²) in [6, 6.07) is 1.60. The molecule has 0 radical (unpaired) electrons. The Labute approximate surface area is 111 Å². The van der Waals surface area contributed by atoms with Crippen molar-refractivity contribution in [1.29, 1.82) is 0 Å². The van der Waals surface area contributed by atoms with Crippen LogP contribution in [0.15, 0.2) is 12.3 Å². The molecule has 1 aliphatic heterocycles. The zero-order valence-electron chi connectivity index (χ0n) is 11.1. The lowest BCUT2D eigenvalue weighted by Gasteiger charge is -2.35. The quantitative estimate of drug-likeness (QED) is 0.788. The van der Waals surface area contributed by atoms with E-state index in [9.17, 15) is 9.59 Å². The first-order valence-electron chi connectivity index (χ1n) is 6.18. The van der Waals surface area contributed by atoms with E-state index in [4.69, 9.17) is 4.74 Å². The molecule has 0 saturated carbocycles. The van der Waals surface area contributed by atoms with Crippen LogP contribution in [0.3, 0.4) is 0 Å². The van der Waals surface area contributed by atoms with Crippen molar-refractivity contribution in [1.82, 2.24) is 20.4 Å². The lowest BCUT2D eigenvalue weighted by molar-refractivity contribution is -0.133. The minimum absolute atomic E-state index is 0.187. The van der Waals surface area contributed by atoms with Gasteiger partial charge in [0.2, 0.25) is 5.91 Å². The van der Waals surface area contributed by atoms with E-state index in [-0.39, 0.29) is 18.4 Å². The molecular formula is C12H18N4O3. The molecule has 1 atom stereocenters. The summed E-state index contributed by atoms with van der Waals surface area (Å²) in [5, 5.41) is 9.03. The molecule has 2 rings (SSSR count). The van der Waals surface area contributed by atoms with Crippen molar-refractivity contribution in [2.75, 3.05) is 27.3 Å². The largest absolute Gasteiger partial charge is 0.382 e. The normalized spacial score (nSPS) is 22.5. The van der Waals surface area contributed by atoms with Crippen LogP contribution in [0.2, 0.25) is 0 Å². The maximum Gasteiger partial charge on any atom is 0.272 e. The molecule has 1 aromatic rings. The average Bonchev–Trinajstić information content (AvgIpc) is 3.07. The molecule has 0 spiro atoms. The van der Waals surface area contributed by atoms with Gasteiger partial charge in [-0.25, -0.2) is 0 Å².